The van der Waals surface area contributed by atoms with Crippen LogP contribution >= 0.6 is 0 Å². The minimum absolute atomic E-state index is 0.214. The second kappa shape index (κ2) is 4.97. The molecule has 0 heterocycles. The quantitative estimate of drug-likeness (QED) is 0.904. The predicted octanol–water partition coefficient (Wildman–Crippen LogP) is 1.48. The van der Waals surface area contributed by atoms with Crippen LogP contribution in [0.4, 0.5) is 4.39 Å². The van der Waals surface area contributed by atoms with Gasteiger partial charge in [-0.05, 0) is 19.9 Å². The summed E-state index contributed by atoms with van der Waals surface area (Å²) in [5, 5.41) is 17.6. The summed E-state index contributed by atoms with van der Waals surface area (Å²) in [6.45, 7) is 2.08. The number of rotatable bonds is 4. The van der Waals surface area contributed by atoms with Crippen LogP contribution in [0.3, 0.4) is 0 Å². The summed E-state index contributed by atoms with van der Waals surface area (Å²) in [6, 6.07) is 5.37. The van der Waals surface area contributed by atoms with Gasteiger partial charge >= 0.3 is 5.97 Å². The van der Waals surface area contributed by atoms with Gasteiger partial charge in [0.05, 0.1) is 11.3 Å². The SMILES string of the molecule is CC(C)(C(=O)O)S(=O)(=O)Cc1cccc(C#N)c1F. The molecule has 5 nitrogen and oxygen atoms in total. The van der Waals surface area contributed by atoms with Crippen molar-refractivity contribution >= 4 is 15.8 Å². The second-order valence-corrected chi connectivity index (χ2v) is 7.00. The van der Waals surface area contributed by atoms with Gasteiger partial charge in [0.25, 0.3) is 0 Å². The second-order valence-electron chi connectivity index (χ2n) is 4.47. The number of benzene rings is 1. The van der Waals surface area contributed by atoms with Crippen molar-refractivity contribution < 1.29 is 22.7 Å². The number of hydrogen-bond donors (Lipinski definition) is 1. The molecule has 0 unspecified atom stereocenters. The van der Waals surface area contributed by atoms with Gasteiger partial charge in [-0.2, -0.15) is 5.26 Å². The van der Waals surface area contributed by atoms with Crippen molar-refractivity contribution in [3.63, 3.8) is 0 Å². The molecule has 102 valence electrons. The van der Waals surface area contributed by atoms with Crippen molar-refractivity contribution in [2.75, 3.05) is 0 Å². The highest BCUT2D eigenvalue weighted by molar-refractivity contribution is 7.92. The van der Waals surface area contributed by atoms with Gasteiger partial charge in [0.1, 0.15) is 11.9 Å². The zero-order valence-electron chi connectivity index (χ0n) is 10.3. The normalized spacial score (nSPS) is 11.9. The molecule has 0 atom stereocenters. The molecule has 0 bridgehead atoms. The highest BCUT2D eigenvalue weighted by Crippen LogP contribution is 2.24. The van der Waals surface area contributed by atoms with Crippen LogP contribution in [-0.4, -0.2) is 24.2 Å². The maximum atomic E-state index is 13.8. The van der Waals surface area contributed by atoms with E-state index in [1.54, 1.807) is 6.07 Å². The maximum absolute atomic E-state index is 13.8. The lowest BCUT2D eigenvalue weighted by Gasteiger charge is -2.19. The molecule has 0 saturated carbocycles. The fourth-order valence-electron chi connectivity index (χ4n) is 1.30. The lowest BCUT2D eigenvalue weighted by Crippen LogP contribution is -2.41. The fourth-order valence-corrected chi connectivity index (χ4v) is 2.56. The van der Waals surface area contributed by atoms with Crippen molar-refractivity contribution in [3.8, 4) is 6.07 Å². The number of halogens is 1. The standard InChI is InChI=1S/C12H12FNO4S/c1-12(2,11(15)16)19(17,18)7-9-5-3-4-8(6-14)10(9)13/h3-5H,7H2,1-2H3,(H,15,16). The number of carbonyl (C=O) groups is 1. The largest absolute Gasteiger partial charge is 0.480 e. The number of hydrogen-bond acceptors (Lipinski definition) is 4. The first-order valence-electron chi connectivity index (χ1n) is 5.26. The number of nitrogens with zero attached hydrogens (tertiary/aromatic N) is 1. The molecule has 0 saturated heterocycles. The molecule has 0 spiro atoms. The molecule has 0 aliphatic heterocycles. The number of sulfone groups is 1. The van der Waals surface area contributed by atoms with Gasteiger partial charge in [-0.3, -0.25) is 4.79 Å². The van der Waals surface area contributed by atoms with Crippen molar-refractivity contribution in [3.05, 3.63) is 35.1 Å². The summed E-state index contributed by atoms with van der Waals surface area (Å²) >= 11 is 0. The van der Waals surface area contributed by atoms with E-state index in [0.717, 1.165) is 13.8 Å². The molecule has 0 amide bonds. The van der Waals surface area contributed by atoms with Crippen LogP contribution in [0, 0.1) is 17.1 Å². The smallest absolute Gasteiger partial charge is 0.324 e. The van der Waals surface area contributed by atoms with Gasteiger partial charge in [-0.1, -0.05) is 12.1 Å². The van der Waals surface area contributed by atoms with E-state index in [2.05, 4.69) is 0 Å². The predicted molar refractivity (Wildman–Crippen MR) is 65.5 cm³/mol. The van der Waals surface area contributed by atoms with Crippen LogP contribution < -0.4 is 0 Å². The van der Waals surface area contributed by atoms with Crippen molar-refractivity contribution in [1.29, 1.82) is 5.26 Å². The Morgan fingerprint density at radius 3 is 2.53 bits per heavy atom. The van der Waals surface area contributed by atoms with E-state index >= 15 is 0 Å². The van der Waals surface area contributed by atoms with Gasteiger partial charge in [0.15, 0.2) is 14.6 Å². The van der Waals surface area contributed by atoms with Gasteiger partial charge in [-0.25, -0.2) is 12.8 Å². The minimum Gasteiger partial charge on any atom is -0.480 e. The van der Waals surface area contributed by atoms with Crippen LogP contribution in [0.25, 0.3) is 0 Å². The summed E-state index contributed by atoms with van der Waals surface area (Å²) < 4.78 is 35.7. The summed E-state index contributed by atoms with van der Waals surface area (Å²) in [4.78, 5) is 10.9. The maximum Gasteiger partial charge on any atom is 0.324 e. The number of aliphatic carboxylic acids is 1. The average molecular weight is 285 g/mol. The zero-order valence-corrected chi connectivity index (χ0v) is 11.2. The molecule has 1 N–H and O–H groups in total. The third-order valence-corrected chi connectivity index (χ3v) is 5.26. The number of carboxylic acid groups (broad SMARTS) is 1. The Kier molecular flexibility index (Phi) is 3.96. The molecule has 19 heavy (non-hydrogen) atoms. The Balaban J connectivity index is 3.25. The van der Waals surface area contributed by atoms with Gasteiger partial charge in [0, 0.05) is 5.56 Å². The Morgan fingerprint density at radius 1 is 1.47 bits per heavy atom. The van der Waals surface area contributed by atoms with E-state index in [0.29, 0.717) is 0 Å². The average Bonchev–Trinajstić information content (AvgIpc) is 2.31. The molecule has 7 heteroatoms. The highest BCUT2D eigenvalue weighted by Gasteiger charge is 2.42. The van der Waals surface area contributed by atoms with Gasteiger partial charge in [-0.15, -0.1) is 0 Å². The molecule has 0 fully saturated rings. The van der Waals surface area contributed by atoms with Crippen molar-refractivity contribution in [2.45, 2.75) is 24.3 Å². The lowest BCUT2D eigenvalue weighted by atomic mass is 10.1. The first-order chi connectivity index (χ1) is 8.63. The van der Waals surface area contributed by atoms with E-state index in [1.807, 2.05) is 0 Å². The van der Waals surface area contributed by atoms with Gasteiger partial charge in [0.2, 0.25) is 0 Å². The van der Waals surface area contributed by atoms with E-state index < -0.39 is 32.1 Å². The fraction of sp³-hybridized carbons (Fsp3) is 0.333. The Morgan fingerprint density at radius 2 is 2.05 bits per heavy atom. The Hall–Kier alpha value is -1.94. The molecule has 0 radical (unpaired) electrons. The monoisotopic (exact) mass is 285 g/mol. The molecule has 0 aliphatic carbocycles. The Labute approximate surface area is 110 Å². The number of nitriles is 1. The van der Waals surface area contributed by atoms with E-state index in [1.165, 1.54) is 18.2 Å². The van der Waals surface area contributed by atoms with Crippen LogP contribution in [0.5, 0.6) is 0 Å². The summed E-state index contributed by atoms with van der Waals surface area (Å²) in [5.74, 6) is -3.22. The first-order valence-corrected chi connectivity index (χ1v) is 6.92. The third-order valence-electron chi connectivity index (χ3n) is 2.84. The van der Waals surface area contributed by atoms with Crippen LogP contribution in [0.15, 0.2) is 18.2 Å². The van der Waals surface area contributed by atoms with Crippen LogP contribution in [-0.2, 0) is 20.4 Å². The van der Waals surface area contributed by atoms with E-state index in [-0.39, 0.29) is 11.1 Å². The van der Waals surface area contributed by atoms with E-state index in [9.17, 15) is 17.6 Å². The van der Waals surface area contributed by atoms with Crippen LogP contribution in [0.2, 0.25) is 0 Å². The molecule has 1 aromatic carbocycles. The van der Waals surface area contributed by atoms with E-state index in [4.69, 9.17) is 10.4 Å². The molecule has 1 rings (SSSR count). The molecule has 0 aromatic heterocycles. The molecule has 1 aromatic rings. The lowest BCUT2D eigenvalue weighted by molar-refractivity contribution is -0.139. The summed E-state index contributed by atoms with van der Waals surface area (Å²) in [5.41, 5.74) is -0.491. The van der Waals surface area contributed by atoms with Crippen molar-refractivity contribution in [1.82, 2.24) is 0 Å². The topological polar surface area (TPSA) is 95.2 Å². The zero-order chi connectivity index (χ0) is 14.8. The van der Waals surface area contributed by atoms with Crippen molar-refractivity contribution in [2.24, 2.45) is 0 Å². The Bertz CT molecular complexity index is 659. The summed E-state index contributed by atoms with van der Waals surface area (Å²) in [6.07, 6.45) is 0. The third kappa shape index (κ3) is 2.74. The number of carboxylic acids is 1. The van der Waals surface area contributed by atoms with Crippen LogP contribution in [0.1, 0.15) is 25.0 Å². The summed E-state index contributed by atoms with van der Waals surface area (Å²) in [7, 11) is -4.11. The molecular weight excluding hydrogens is 273 g/mol. The highest BCUT2D eigenvalue weighted by atomic mass is 32.2. The minimum atomic E-state index is -4.11. The first kappa shape index (κ1) is 15.1. The van der Waals surface area contributed by atoms with Gasteiger partial charge < -0.3 is 5.11 Å². The molecular formula is C12H12FNO4S. The molecule has 0 aliphatic rings.